The highest BCUT2D eigenvalue weighted by Gasteiger charge is 2.17. The van der Waals surface area contributed by atoms with Gasteiger partial charge in [-0.3, -0.25) is 4.90 Å². The predicted molar refractivity (Wildman–Crippen MR) is 80.2 cm³/mol. The highest BCUT2D eigenvalue weighted by atomic mass is 16.5. The van der Waals surface area contributed by atoms with Crippen molar-refractivity contribution < 1.29 is 14.8 Å². The fourth-order valence-electron chi connectivity index (χ4n) is 2.58. The van der Waals surface area contributed by atoms with Gasteiger partial charge in [-0.05, 0) is 38.1 Å². The summed E-state index contributed by atoms with van der Waals surface area (Å²) in [6.07, 6.45) is 1.15. The van der Waals surface area contributed by atoms with E-state index in [-0.39, 0.29) is 0 Å². The van der Waals surface area contributed by atoms with Crippen molar-refractivity contribution in [2.45, 2.75) is 13.0 Å². The highest BCUT2D eigenvalue weighted by molar-refractivity contribution is 6.58. The topological polar surface area (TPSA) is 56.2 Å². The number of hydrogen-bond donors (Lipinski definition) is 2. The van der Waals surface area contributed by atoms with Crippen LogP contribution in [0.2, 0.25) is 0 Å². The molecule has 0 amide bonds. The van der Waals surface area contributed by atoms with Gasteiger partial charge in [-0.2, -0.15) is 0 Å². The SMILES string of the molecule is COc1ccc(B(O)O)cc1CN1CCCN(C)CC1. The maximum absolute atomic E-state index is 9.29. The van der Waals surface area contributed by atoms with E-state index in [0.717, 1.165) is 50.5 Å². The van der Waals surface area contributed by atoms with Crippen LogP contribution < -0.4 is 10.2 Å². The third-order valence-electron chi connectivity index (χ3n) is 3.81. The average molecular weight is 278 g/mol. The van der Waals surface area contributed by atoms with Gasteiger partial charge in [0, 0.05) is 25.2 Å². The lowest BCUT2D eigenvalue weighted by atomic mass is 9.79. The summed E-state index contributed by atoms with van der Waals surface area (Å²) in [6.45, 7) is 5.04. The van der Waals surface area contributed by atoms with Crippen LogP contribution in [0.25, 0.3) is 0 Å². The zero-order valence-corrected chi connectivity index (χ0v) is 12.2. The summed E-state index contributed by atoms with van der Waals surface area (Å²) in [6, 6.07) is 5.30. The molecule has 6 heteroatoms. The first kappa shape index (κ1) is 15.3. The van der Waals surface area contributed by atoms with E-state index >= 15 is 0 Å². The molecule has 5 nitrogen and oxygen atoms in total. The van der Waals surface area contributed by atoms with E-state index in [1.165, 1.54) is 0 Å². The Labute approximate surface area is 120 Å². The summed E-state index contributed by atoms with van der Waals surface area (Å²) in [5, 5.41) is 18.6. The number of benzene rings is 1. The summed E-state index contributed by atoms with van der Waals surface area (Å²) in [5.41, 5.74) is 1.51. The third-order valence-corrected chi connectivity index (χ3v) is 3.81. The number of nitrogens with zero attached hydrogens (tertiary/aromatic N) is 2. The van der Waals surface area contributed by atoms with Crippen molar-refractivity contribution in [1.82, 2.24) is 9.80 Å². The Bertz CT molecular complexity index is 442. The third kappa shape index (κ3) is 3.96. The van der Waals surface area contributed by atoms with Gasteiger partial charge < -0.3 is 19.7 Å². The van der Waals surface area contributed by atoms with Crippen LogP contribution in [-0.4, -0.2) is 67.3 Å². The molecule has 1 fully saturated rings. The molecule has 1 aromatic carbocycles. The van der Waals surface area contributed by atoms with Crippen molar-refractivity contribution in [3.63, 3.8) is 0 Å². The molecule has 20 heavy (non-hydrogen) atoms. The normalized spacial score (nSPS) is 17.8. The molecule has 1 aromatic rings. The van der Waals surface area contributed by atoms with Crippen molar-refractivity contribution in [3.8, 4) is 5.75 Å². The summed E-state index contributed by atoms with van der Waals surface area (Å²) in [5.74, 6) is 0.798. The zero-order chi connectivity index (χ0) is 14.5. The Kier molecular flexibility index (Phi) is 5.42. The largest absolute Gasteiger partial charge is 0.496 e. The van der Waals surface area contributed by atoms with Gasteiger partial charge in [0.2, 0.25) is 0 Å². The number of likely N-dealkylation sites (N-methyl/N-ethyl adjacent to an activating group) is 1. The van der Waals surface area contributed by atoms with E-state index < -0.39 is 7.12 Å². The minimum absolute atomic E-state index is 0.507. The molecule has 1 aliphatic heterocycles. The second-order valence-corrected chi connectivity index (χ2v) is 5.38. The molecule has 2 N–H and O–H groups in total. The van der Waals surface area contributed by atoms with Crippen molar-refractivity contribution in [2.24, 2.45) is 0 Å². The minimum atomic E-state index is -1.44. The van der Waals surface area contributed by atoms with Crippen LogP contribution in [0.5, 0.6) is 5.75 Å². The monoisotopic (exact) mass is 278 g/mol. The lowest BCUT2D eigenvalue weighted by Crippen LogP contribution is -2.32. The molecule has 2 rings (SSSR count). The second kappa shape index (κ2) is 7.08. The number of hydrogen-bond acceptors (Lipinski definition) is 5. The van der Waals surface area contributed by atoms with E-state index in [1.54, 1.807) is 19.2 Å². The standard InChI is InChI=1S/C14H23BN2O3/c1-16-6-3-7-17(9-8-16)11-12-10-13(15(18)19)4-5-14(12)20-2/h4-5,10,18-19H,3,6-9,11H2,1-2H3. The highest BCUT2D eigenvalue weighted by Crippen LogP contribution is 2.19. The molecule has 0 unspecified atom stereocenters. The maximum Gasteiger partial charge on any atom is 0.488 e. The van der Waals surface area contributed by atoms with Gasteiger partial charge in [-0.1, -0.05) is 12.1 Å². The molecule has 0 saturated carbocycles. The predicted octanol–water partition coefficient (Wildman–Crippen LogP) is -0.487. The lowest BCUT2D eigenvalue weighted by molar-refractivity contribution is 0.265. The quantitative estimate of drug-likeness (QED) is 0.728. The Balaban J connectivity index is 2.12. The molecular formula is C14H23BN2O3. The maximum atomic E-state index is 9.29. The molecule has 0 atom stereocenters. The summed E-state index contributed by atoms with van der Waals surface area (Å²) in [7, 11) is 2.35. The Morgan fingerprint density at radius 3 is 2.70 bits per heavy atom. The molecule has 1 aliphatic rings. The van der Waals surface area contributed by atoms with E-state index in [4.69, 9.17) is 4.74 Å². The number of ether oxygens (including phenoxy) is 1. The molecular weight excluding hydrogens is 255 g/mol. The van der Waals surface area contributed by atoms with Gasteiger partial charge in [0.25, 0.3) is 0 Å². The molecule has 0 aromatic heterocycles. The molecule has 0 aliphatic carbocycles. The molecule has 1 heterocycles. The smallest absolute Gasteiger partial charge is 0.488 e. The van der Waals surface area contributed by atoms with Gasteiger partial charge >= 0.3 is 7.12 Å². The molecule has 110 valence electrons. The Morgan fingerprint density at radius 1 is 1.20 bits per heavy atom. The van der Waals surface area contributed by atoms with Crippen LogP contribution in [0, 0.1) is 0 Å². The van der Waals surface area contributed by atoms with E-state index in [1.807, 2.05) is 6.07 Å². The first-order valence-corrected chi connectivity index (χ1v) is 7.04. The number of rotatable bonds is 4. The fraction of sp³-hybridized carbons (Fsp3) is 0.571. The molecule has 0 radical (unpaired) electrons. The van der Waals surface area contributed by atoms with Crippen LogP contribution in [0.3, 0.4) is 0 Å². The van der Waals surface area contributed by atoms with Crippen LogP contribution in [-0.2, 0) is 6.54 Å². The molecule has 0 bridgehead atoms. The average Bonchev–Trinajstić information content (AvgIpc) is 2.63. The fourth-order valence-corrected chi connectivity index (χ4v) is 2.58. The van der Waals surface area contributed by atoms with Crippen LogP contribution in [0.4, 0.5) is 0 Å². The van der Waals surface area contributed by atoms with E-state index in [9.17, 15) is 10.0 Å². The second-order valence-electron chi connectivity index (χ2n) is 5.38. The molecule has 1 saturated heterocycles. The first-order valence-electron chi connectivity index (χ1n) is 7.04. The summed E-state index contributed by atoms with van der Waals surface area (Å²) >= 11 is 0. The van der Waals surface area contributed by atoms with Gasteiger partial charge in [0.15, 0.2) is 0 Å². The molecule has 0 spiro atoms. The summed E-state index contributed by atoms with van der Waals surface area (Å²) < 4.78 is 5.37. The van der Waals surface area contributed by atoms with Gasteiger partial charge in [0.1, 0.15) is 5.75 Å². The number of methoxy groups -OCH3 is 1. The van der Waals surface area contributed by atoms with Crippen molar-refractivity contribution >= 4 is 12.6 Å². The van der Waals surface area contributed by atoms with E-state index in [2.05, 4.69) is 16.8 Å². The van der Waals surface area contributed by atoms with Gasteiger partial charge in [-0.25, -0.2) is 0 Å². The minimum Gasteiger partial charge on any atom is -0.496 e. The van der Waals surface area contributed by atoms with Crippen molar-refractivity contribution in [1.29, 1.82) is 0 Å². The van der Waals surface area contributed by atoms with Crippen molar-refractivity contribution in [2.75, 3.05) is 40.3 Å². The zero-order valence-electron chi connectivity index (χ0n) is 12.2. The van der Waals surface area contributed by atoms with Crippen LogP contribution >= 0.6 is 0 Å². The lowest BCUT2D eigenvalue weighted by Gasteiger charge is -2.21. The van der Waals surface area contributed by atoms with Crippen LogP contribution in [0.1, 0.15) is 12.0 Å². The van der Waals surface area contributed by atoms with Crippen molar-refractivity contribution in [3.05, 3.63) is 23.8 Å². The Morgan fingerprint density at radius 2 is 2.00 bits per heavy atom. The Hall–Kier alpha value is -1.08. The summed E-state index contributed by atoms with van der Waals surface area (Å²) in [4.78, 5) is 4.72. The first-order chi connectivity index (χ1) is 9.60. The van der Waals surface area contributed by atoms with E-state index in [0.29, 0.717) is 5.46 Å². The van der Waals surface area contributed by atoms with Gasteiger partial charge in [0.05, 0.1) is 7.11 Å². The van der Waals surface area contributed by atoms with Gasteiger partial charge in [-0.15, -0.1) is 0 Å². The van der Waals surface area contributed by atoms with Crippen LogP contribution in [0.15, 0.2) is 18.2 Å².